The van der Waals surface area contributed by atoms with Gasteiger partial charge < -0.3 is 9.53 Å². The van der Waals surface area contributed by atoms with E-state index in [2.05, 4.69) is 0 Å². The molecule has 0 spiro atoms. The Morgan fingerprint density at radius 2 is 2.29 bits per heavy atom. The van der Waals surface area contributed by atoms with Crippen LogP contribution in [0, 0.1) is 10.1 Å². The van der Waals surface area contributed by atoms with Crippen molar-refractivity contribution in [3.63, 3.8) is 0 Å². The van der Waals surface area contributed by atoms with Gasteiger partial charge in [-0.05, 0) is 12.5 Å². The fourth-order valence-electron chi connectivity index (χ4n) is 1.33. The molecule has 1 atom stereocenters. The van der Waals surface area contributed by atoms with Crippen molar-refractivity contribution in [1.29, 1.82) is 0 Å². The lowest BCUT2D eigenvalue weighted by molar-refractivity contribution is -0.384. The quantitative estimate of drug-likeness (QED) is 0.254. The first-order chi connectivity index (χ1) is 8.10. The van der Waals surface area contributed by atoms with Crippen molar-refractivity contribution >= 4 is 17.9 Å². The van der Waals surface area contributed by atoms with Crippen LogP contribution >= 0.6 is 0 Å². The average molecular weight is 237 g/mol. The van der Waals surface area contributed by atoms with E-state index in [0.717, 1.165) is 0 Å². The predicted octanol–water partition coefficient (Wildman–Crippen LogP) is 1.44. The zero-order chi connectivity index (χ0) is 12.8. The molecule has 0 saturated carbocycles. The molecule has 0 aliphatic heterocycles. The van der Waals surface area contributed by atoms with Crippen LogP contribution in [-0.2, 0) is 14.3 Å². The monoisotopic (exact) mass is 237 g/mol. The van der Waals surface area contributed by atoms with E-state index in [9.17, 15) is 19.7 Å². The smallest absolute Gasteiger partial charge is 0.320 e. The van der Waals surface area contributed by atoms with Crippen LogP contribution in [0.15, 0.2) is 24.3 Å². The van der Waals surface area contributed by atoms with Crippen molar-refractivity contribution in [1.82, 2.24) is 0 Å². The molecule has 0 saturated heterocycles. The minimum absolute atomic E-state index is 0.151. The maximum absolute atomic E-state index is 11.4. The Labute approximate surface area is 97.3 Å². The molecule has 0 aromatic heterocycles. The van der Waals surface area contributed by atoms with Gasteiger partial charge in [-0.15, -0.1) is 0 Å². The van der Waals surface area contributed by atoms with Gasteiger partial charge in [-0.3, -0.25) is 14.9 Å². The van der Waals surface area contributed by atoms with Crippen LogP contribution in [0.4, 0.5) is 5.69 Å². The van der Waals surface area contributed by atoms with E-state index in [0.29, 0.717) is 6.29 Å². The van der Waals surface area contributed by atoms with E-state index in [1.165, 1.54) is 24.3 Å². The van der Waals surface area contributed by atoms with E-state index in [1.807, 2.05) is 0 Å². The molecule has 0 radical (unpaired) electrons. The Morgan fingerprint density at radius 3 is 2.82 bits per heavy atom. The summed E-state index contributed by atoms with van der Waals surface area (Å²) in [6.45, 7) is 1.77. The summed E-state index contributed by atoms with van der Waals surface area (Å²) in [5.41, 5.74) is 0.0892. The number of ether oxygens (including phenoxy) is 1. The third-order valence-corrected chi connectivity index (χ3v) is 2.12. The van der Waals surface area contributed by atoms with Gasteiger partial charge in [0.1, 0.15) is 12.2 Å². The van der Waals surface area contributed by atoms with Crippen molar-refractivity contribution in [3.05, 3.63) is 39.9 Å². The lowest BCUT2D eigenvalue weighted by atomic mass is 10.0. The molecule has 1 aromatic carbocycles. The highest BCUT2D eigenvalue weighted by Crippen LogP contribution is 2.20. The number of hydrogen-bond acceptors (Lipinski definition) is 5. The highest BCUT2D eigenvalue weighted by Gasteiger charge is 2.22. The topological polar surface area (TPSA) is 86.5 Å². The van der Waals surface area contributed by atoms with Crippen LogP contribution in [0.2, 0.25) is 0 Å². The molecular formula is C11H11NO5. The summed E-state index contributed by atoms with van der Waals surface area (Å²) in [7, 11) is 0. The van der Waals surface area contributed by atoms with E-state index in [-0.39, 0.29) is 17.9 Å². The van der Waals surface area contributed by atoms with Crippen molar-refractivity contribution in [2.75, 3.05) is 6.61 Å². The number of benzene rings is 1. The van der Waals surface area contributed by atoms with Crippen molar-refractivity contribution in [3.8, 4) is 0 Å². The summed E-state index contributed by atoms with van der Waals surface area (Å²) in [5.74, 6) is -1.82. The Kier molecular flexibility index (Phi) is 4.33. The molecule has 1 unspecified atom stereocenters. The standard InChI is InChI=1S/C11H11NO5/c1-2-17-11(14)10(7-13)8-4-3-5-9(6-8)12(15)16/h3-7,10H,2H2,1H3. The van der Waals surface area contributed by atoms with Gasteiger partial charge in [0.05, 0.1) is 11.5 Å². The number of carbonyl (C=O) groups is 2. The largest absolute Gasteiger partial charge is 0.465 e. The number of hydrogen-bond donors (Lipinski definition) is 0. The third kappa shape index (κ3) is 3.10. The lowest BCUT2D eigenvalue weighted by Gasteiger charge is -2.09. The second-order valence-electron chi connectivity index (χ2n) is 3.22. The number of aldehydes is 1. The van der Waals surface area contributed by atoms with Gasteiger partial charge in [0.25, 0.3) is 5.69 Å². The highest BCUT2D eigenvalue weighted by molar-refractivity contribution is 5.94. The molecule has 0 heterocycles. The molecule has 0 fully saturated rings. The first-order valence-electron chi connectivity index (χ1n) is 4.96. The molecule has 1 rings (SSSR count). The van der Waals surface area contributed by atoms with E-state index >= 15 is 0 Å². The maximum atomic E-state index is 11.4. The number of nitrogens with zero attached hydrogens (tertiary/aromatic N) is 1. The molecule has 1 aromatic rings. The minimum atomic E-state index is -1.12. The zero-order valence-electron chi connectivity index (χ0n) is 9.16. The molecule has 0 aliphatic carbocycles. The first-order valence-corrected chi connectivity index (χ1v) is 4.96. The lowest BCUT2D eigenvalue weighted by Crippen LogP contribution is -2.17. The van der Waals surface area contributed by atoms with Crippen LogP contribution < -0.4 is 0 Å². The second-order valence-corrected chi connectivity index (χ2v) is 3.22. The average Bonchev–Trinajstić information content (AvgIpc) is 2.30. The molecule has 0 bridgehead atoms. The van der Waals surface area contributed by atoms with Crippen LogP contribution in [0.1, 0.15) is 18.4 Å². The number of non-ortho nitro benzene ring substituents is 1. The molecule has 90 valence electrons. The molecular weight excluding hydrogens is 226 g/mol. The number of carbonyl (C=O) groups excluding carboxylic acids is 2. The Morgan fingerprint density at radius 1 is 1.59 bits per heavy atom. The van der Waals surface area contributed by atoms with Crippen LogP contribution in [0.5, 0.6) is 0 Å². The first kappa shape index (κ1) is 12.8. The van der Waals surface area contributed by atoms with Crippen LogP contribution in [-0.4, -0.2) is 23.8 Å². The van der Waals surface area contributed by atoms with Crippen molar-refractivity contribution in [2.24, 2.45) is 0 Å². The molecule has 6 nitrogen and oxygen atoms in total. The summed E-state index contributed by atoms with van der Waals surface area (Å²) >= 11 is 0. The predicted molar refractivity (Wildman–Crippen MR) is 58.5 cm³/mol. The summed E-state index contributed by atoms with van der Waals surface area (Å²) in [6, 6.07) is 5.37. The number of rotatable bonds is 5. The minimum Gasteiger partial charge on any atom is -0.465 e. The van der Waals surface area contributed by atoms with E-state index in [1.54, 1.807) is 6.92 Å². The highest BCUT2D eigenvalue weighted by atomic mass is 16.6. The van der Waals surface area contributed by atoms with Crippen LogP contribution in [0.3, 0.4) is 0 Å². The van der Waals surface area contributed by atoms with Gasteiger partial charge in [0.15, 0.2) is 0 Å². The van der Waals surface area contributed by atoms with E-state index < -0.39 is 16.8 Å². The summed E-state index contributed by atoms with van der Waals surface area (Å²) < 4.78 is 4.71. The Hall–Kier alpha value is -2.24. The van der Waals surface area contributed by atoms with Gasteiger partial charge in [0.2, 0.25) is 0 Å². The third-order valence-electron chi connectivity index (χ3n) is 2.12. The van der Waals surface area contributed by atoms with Gasteiger partial charge in [-0.2, -0.15) is 0 Å². The molecule has 6 heteroatoms. The zero-order valence-corrected chi connectivity index (χ0v) is 9.16. The maximum Gasteiger partial charge on any atom is 0.320 e. The molecule has 0 N–H and O–H groups in total. The number of esters is 1. The number of nitro groups is 1. The van der Waals surface area contributed by atoms with Crippen molar-refractivity contribution in [2.45, 2.75) is 12.8 Å². The summed E-state index contributed by atoms with van der Waals surface area (Å²) in [6.07, 6.45) is 0.414. The molecule has 0 aliphatic rings. The fourth-order valence-corrected chi connectivity index (χ4v) is 1.33. The summed E-state index contributed by atoms with van der Waals surface area (Å²) in [5, 5.41) is 10.6. The van der Waals surface area contributed by atoms with Gasteiger partial charge in [-0.1, -0.05) is 12.1 Å². The fraction of sp³-hybridized carbons (Fsp3) is 0.273. The van der Waals surface area contributed by atoms with E-state index in [4.69, 9.17) is 4.74 Å². The SMILES string of the molecule is CCOC(=O)C(C=O)c1cccc([N+](=O)[O-])c1. The van der Waals surface area contributed by atoms with Crippen molar-refractivity contribution < 1.29 is 19.2 Å². The normalized spacial score (nSPS) is 11.6. The second kappa shape index (κ2) is 5.74. The Bertz CT molecular complexity index is 443. The van der Waals surface area contributed by atoms with Gasteiger partial charge in [-0.25, -0.2) is 0 Å². The van der Waals surface area contributed by atoms with Gasteiger partial charge in [0, 0.05) is 12.1 Å². The summed E-state index contributed by atoms with van der Waals surface area (Å²) in [4.78, 5) is 32.2. The van der Waals surface area contributed by atoms with Gasteiger partial charge >= 0.3 is 5.97 Å². The van der Waals surface area contributed by atoms with Crippen LogP contribution in [0.25, 0.3) is 0 Å². The molecule has 17 heavy (non-hydrogen) atoms. The number of nitro benzene ring substituents is 1. The Balaban J connectivity index is 3.03. The molecule has 0 amide bonds.